The summed E-state index contributed by atoms with van der Waals surface area (Å²) in [5.74, 6) is -1.87. The van der Waals surface area contributed by atoms with Crippen molar-refractivity contribution in [3.8, 4) is 0 Å². The van der Waals surface area contributed by atoms with Crippen LogP contribution in [0.25, 0.3) is 0 Å². The van der Waals surface area contributed by atoms with Gasteiger partial charge in [0.15, 0.2) is 0 Å². The van der Waals surface area contributed by atoms with Crippen LogP contribution in [-0.2, 0) is 22.3 Å². The number of alkyl halides is 3. The molecule has 0 aliphatic rings. The van der Waals surface area contributed by atoms with Crippen LogP contribution in [0.15, 0.2) is 18.2 Å². The van der Waals surface area contributed by atoms with Crippen LogP contribution in [0.5, 0.6) is 0 Å². The third-order valence-corrected chi connectivity index (χ3v) is 2.77. The topological polar surface area (TPSA) is 38.3 Å². The van der Waals surface area contributed by atoms with Crippen molar-refractivity contribution in [3.63, 3.8) is 0 Å². The standard InChI is InChI=1S/C13H15F4NO2/c1-12(2,11(19)20-3)18-7-8-4-5-10(14)9(6-8)13(15,16)17/h4-6,18H,7H2,1-3H3. The summed E-state index contributed by atoms with van der Waals surface area (Å²) in [6, 6.07) is 2.70. The Morgan fingerprint density at radius 1 is 1.30 bits per heavy atom. The van der Waals surface area contributed by atoms with Crippen LogP contribution in [0.2, 0.25) is 0 Å². The number of hydrogen-bond donors (Lipinski definition) is 1. The maximum absolute atomic E-state index is 13.1. The molecular formula is C13H15F4NO2. The maximum Gasteiger partial charge on any atom is 0.419 e. The number of ether oxygens (including phenoxy) is 1. The minimum Gasteiger partial charge on any atom is -0.468 e. The lowest BCUT2D eigenvalue weighted by Crippen LogP contribution is -2.46. The predicted octanol–water partition coefficient (Wildman–Crippen LogP) is 2.89. The Labute approximate surface area is 113 Å². The lowest BCUT2D eigenvalue weighted by molar-refractivity contribution is -0.147. The van der Waals surface area contributed by atoms with Crippen molar-refractivity contribution in [1.29, 1.82) is 0 Å². The summed E-state index contributed by atoms with van der Waals surface area (Å²) in [5, 5.41) is 2.76. The molecule has 112 valence electrons. The first-order valence-electron chi connectivity index (χ1n) is 5.77. The molecule has 20 heavy (non-hydrogen) atoms. The van der Waals surface area contributed by atoms with Gasteiger partial charge < -0.3 is 4.74 Å². The van der Waals surface area contributed by atoms with Crippen molar-refractivity contribution < 1.29 is 27.1 Å². The van der Waals surface area contributed by atoms with Crippen molar-refractivity contribution in [3.05, 3.63) is 35.1 Å². The van der Waals surface area contributed by atoms with Gasteiger partial charge in [0.1, 0.15) is 11.4 Å². The number of hydrogen-bond acceptors (Lipinski definition) is 3. The third kappa shape index (κ3) is 3.93. The molecule has 0 fully saturated rings. The molecule has 1 N–H and O–H groups in total. The van der Waals surface area contributed by atoms with Gasteiger partial charge in [-0.25, -0.2) is 4.39 Å². The third-order valence-electron chi connectivity index (χ3n) is 2.77. The molecule has 0 unspecified atom stereocenters. The van der Waals surface area contributed by atoms with Gasteiger partial charge in [0, 0.05) is 6.54 Å². The van der Waals surface area contributed by atoms with Crippen molar-refractivity contribution >= 4 is 5.97 Å². The molecule has 0 atom stereocenters. The van der Waals surface area contributed by atoms with Gasteiger partial charge in [-0.3, -0.25) is 10.1 Å². The van der Waals surface area contributed by atoms with Gasteiger partial charge in [-0.05, 0) is 31.5 Å². The van der Waals surface area contributed by atoms with E-state index in [0.29, 0.717) is 0 Å². The van der Waals surface area contributed by atoms with Gasteiger partial charge in [-0.1, -0.05) is 6.07 Å². The van der Waals surface area contributed by atoms with Gasteiger partial charge in [0.05, 0.1) is 12.7 Å². The SMILES string of the molecule is COC(=O)C(C)(C)NCc1ccc(F)c(C(F)(F)F)c1. The Kier molecular flexibility index (Phi) is 4.75. The fourth-order valence-electron chi connectivity index (χ4n) is 1.55. The Balaban J connectivity index is 2.88. The van der Waals surface area contributed by atoms with E-state index in [1.54, 1.807) is 0 Å². The first kappa shape index (κ1) is 16.4. The molecule has 1 aromatic carbocycles. The highest BCUT2D eigenvalue weighted by Gasteiger charge is 2.34. The minimum atomic E-state index is -4.75. The smallest absolute Gasteiger partial charge is 0.419 e. The number of carbonyl (C=O) groups excluding carboxylic acids is 1. The molecule has 1 rings (SSSR count). The monoisotopic (exact) mass is 293 g/mol. The molecule has 0 amide bonds. The largest absolute Gasteiger partial charge is 0.468 e. The molecule has 0 bridgehead atoms. The van der Waals surface area contributed by atoms with Crippen LogP contribution < -0.4 is 5.32 Å². The number of esters is 1. The molecule has 0 radical (unpaired) electrons. The van der Waals surface area contributed by atoms with Gasteiger partial charge in [-0.2, -0.15) is 13.2 Å². The number of methoxy groups -OCH3 is 1. The fourth-order valence-corrected chi connectivity index (χ4v) is 1.55. The zero-order valence-electron chi connectivity index (χ0n) is 11.3. The first-order chi connectivity index (χ1) is 9.08. The highest BCUT2D eigenvalue weighted by atomic mass is 19.4. The summed E-state index contributed by atoms with van der Waals surface area (Å²) in [6.07, 6.45) is -4.75. The maximum atomic E-state index is 13.1. The van der Waals surface area contributed by atoms with Crippen LogP contribution in [0, 0.1) is 5.82 Å². The van der Waals surface area contributed by atoms with E-state index in [1.165, 1.54) is 27.0 Å². The zero-order chi connectivity index (χ0) is 15.6. The molecule has 3 nitrogen and oxygen atoms in total. The predicted molar refractivity (Wildman–Crippen MR) is 64.3 cm³/mol. The molecule has 0 spiro atoms. The Bertz CT molecular complexity index is 498. The lowest BCUT2D eigenvalue weighted by Gasteiger charge is -2.23. The average molecular weight is 293 g/mol. The molecule has 0 aliphatic carbocycles. The van der Waals surface area contributed by atoms with Crippen LogP contribution in [0.3, 0.4) is 0 Å². The normalized spacial score (nSPS) is 12.3. The molecule has 7 heteroatoms. The van der Waals surface area contributed by atoms with E-state index >= 15 is 0 Å². The second-order valence-electron chi connectivity index (χ2n) is 4.78. The number of rotatable bonds is 4. The summed E-state index contributed by atoms with van der Waals surface area (Å²) >= 11 is 0. The highest BCUT2D eigenvalue weighted by Crippen LogP contribution is 2.31. The Hall–Kier alpha value is -1.63. The summed E-state index contributed by atoms with van der Waals surface area (Å²) < 4.78 is 55.3. The van der Waals surface area contributed by atoms with Crippen molar-refractivity contribution in [2.45, 2.75) is 32.1 Å². The van der Waals surface area contributed by atoms with Crippen LogP contribution >= 0.6 is 0 Å². The van der Waals surface area contributed by atoms with Gasteiger partial charge in [-0.15, -0.1) is 0 Å². The zero-order valence-corrected chi connectivity index (χ0v) is 11.3. The van der Waals surface area contributed by atoms with E-state index in [2.05, 4.69) is 10.1 Å². The first-order valence-corrected chi connectivity index (χ1v) is 5.77. The van der Waals surface area contributed by atoms with E-state index in [4.69, 9.17) is 0 Å². The molecule has 0 heterocycles. The van der Waals surface area contributed by atoms with E-state index in [0.717, 1.165) is 12.1 Å². The van der Waals surface area contributed by atoms with Crippen molar-refractivity contribution in [1.82, 2.24) is 5.32 Å². The summed E-state index contributed by atoms with van der Waals surface area (Å²) in [7, 11) is 1.21. The van der Waals surface area contributed by atoms with Gasteiger partial charge >= 0.3 is 12.1 Å². The quantitative estimate of drug-likeness (QED) is 0.685. The number of carbonyl (C=O) groups is 1. The summed E-state index contributed by atoms with van der Waals surface area (Å²) in [6.45, 7) is 3.05. The minimum absolute atomic E-state index is 0.0224. The lowest BCUT2D eigenvalue weighted by atomic mass is 10.0. The van der Waals surface area contributed by atoms with Crippen LogP contribution in [-0.4, -0.2) is 18.6 Å². The van der Waals surface area contributed by atoms with E-state index < -0.39 is 29.1 Å². The molecule has 1 aromatic rings. The number of halogens is 4. The van der Waals surface area contributed by atoms with Crippen LogP contribution in [0.1, 0.15) is 25.0 Å². The van der Waals surface area contributed by atoms with Gasteiger partial charge in [0.25, 0.3) is 0 Å². The number of nitrogens with one attached hydrogen (secondary N) is 1. The summed E-state index contributed by atoms with van der Waals surface area (Å²) in [5.41, 5.74) is -2.16. The second kappa shape index (κ2) is 5.78. The molecule has 0 saturated carbocycles. The van der Waals surface area contributed by atoms with E-state index in [1.807, 2.05) is 0 Å². The second-order valence-corrected chi connectivity index (χ2v) is 4.78. The number of benzene rings is 1. The molecular weight excluding hydrogens is 278 g/mol. The highest BCUT2D eigenvalue weighted by molar-refractivity contribution is 5.79. The fraction of sp³-hybridized carbons (Fsp3) is 0.462. The molecule has 0 aliphatic heterocycles. The Morgan fingerprint density at radius 2 is 1.90 bits per heavy atom. The van der Waals surface area contributed by atoms with E-state index in [-0.39, 0.29) is 12.1 Å². The van der Waals surface area contributed by atoms with Crippen molar-refractivity contribution in [2.24, 2.45) is 0 Å². The molecule has 0 saturated heterocycles. The Morgan fingerprint density at radius 3 is 2.40 bits per heavy atom. The van der Waals surface area contributed by atoms with Crippen molar-refractivity contribution in [2.75, 3.05) is 7.11 Å². The average Bonchev–Trinajstić information content (AvgIpc) is 2.35. The van der Waals surface area contributed by atoms with Crippen LogP contribution in [0.4, 0.5) is 17.6 Å². The summed E-state index contributed by atoms with van der Waals surface area (Å²) in [4.78, 5) is 11.4. The van der Waals surface area contributed by atoms with Gasteiger partial charge in [0.2, 0.25) is 0 Å². The molecule has 0 aromatic heterocycles. The van der Waals surface area contributed by atoms with E-state index in [9.17, 15) is 22.4 Å².